The summed E-state index contributed by atoms with van der Waals surface area (Å²) in [5.74, 6) is 1.16. The maximum atomic E-state index is 12.0. The molecule has 1 N–H and O–H groups in total. The number of halogens is 1. The van der Waals surface area contributed by atoms with E-state index >= 15 is 0 Å². The molecule has 1 atom stereocenters. The Balaban J connectivity index is 2.13. The Morgan fingerprint density at radius 3 is 2.53 bits per heavy atom. The topological polar surface area (TPSA) is 45.8 Å². The summed E-state index contributed by atoms with van der Waals surface area (Å²) in [5.41, 5.74) is 1.83. The number of aromatic amines is 1. The maximum absolute atomic E-state index is 12.0. The second kappa shape index (κ2) is 4.30. The molecule has 4 heteroatoms. The molecule has 3 rings (SSSR count). The van der Waals surface area contributed by atoms with Crippen LogP contribution in [0.2, 0.25) is 0 Å². The molecule has 0 amide bonds. The van der Waals surface area contributed by atoms with Crippen LogP contribution in [0.5, 0.6) is 0 Å². The summed E-state index contributed by atoms with van der Waals surface area (Å²) in [6.45, 7) is 4.39. The quantitative estimate of drug-likeness (QED) is 0.917. The molecule has 1 aliphatic carbocycles. The van der Waals surface area contributed by atoms with Crippen LogP contribution in [-0.2, 0) is 0 Å². The van der Waals surface area contributed by atoms with Crippen molar-refractivity contribution in [2.75, 3.05) is 0 Å². The first kappa shape index (κ1) is 12.6. The number of nitrogens with zero attached hydrogens (tertiary/aromatic N) is 1. The van der Waals surface area contributed by atoms with Gasteiger partial charge in [-0.2, -0.15) is 0 Å². The zero-order valence-corrected chi connectivity index (χ0v) is 12.5. The lowest BCUT2D eigenvalue weighted by Gasteiger charge is -2.08. The standard InChI is InChI=1S/C15H15BrN2O/c1-15(2)8-10(15)13-17-12(11(16)14(19)18-13)9-6-4-3-5-7-9/h3-7,10H,8H2,1-2H3,(H,17,18,19). The van der Waals surface area contributed by atoms with Crippen LogP contribution in [0, 0.1) is 5.41 Å². The van der Waals surface area contributed by atoms with Gasteiger partial charge in [-0.05, 0) is 27.8 Å². The molecular weight excluding hydrogens is 304 g/mol. The average Bonchev–Trinajstić information content (AvgIpc) is 3.03. The van der Waals surface area contributed by atoms with Crippen molar-refractivity contribution >= 4 is 15.9 Å². The van der Waals surface area contributed by atoms with Crippen molar-refractivity contribution in [3.63, 3.8) is 0 Å². The summed E-state index contributed by atoms with van der Waals surface area (Å²) in [6, 6.07) is 9.79. The van der Waals surface area contributed by atoms with Gasteiger partial charge in [0.2, 0.25) is 0 Å². The van der Waals surface area contributed by atoms with Crippen LogP contribution >= 0.6 is 15.9 Å². The zero-order valence-electron chi connectivity index (χ0n) is 10.9. The minimum absolute atomic E-state index is 0.105. The van der Waals surface area contributed by atoms with E-state index in [9.17, 15) is 4.79 Å². The van der Waals surface area contributed by atoms with E-state index in [1.807, 2.05) is 30.3 Å². The third-order valence-corrected chi connectivity index (χ3v) is 4.51. The van der Waals surface area contributed by atoms with E-state index < -0.39 is 0 Å². The summed E-state index contributed by atoms with van der Waals surface area (Å²) in [5, 5.41) is 0. The zero-order chi connectivity index (χ0) is 13.6. The summed E-state index contributed by atoms with van der Waals surface area (Å²) < 4.78 is 0.501. The minimum atomic E-state index is -0.105. The van der Waals surface area contributed by atoms with Gasteiger partial charge in [0.1, 0.15) is 10.3 Å². The Kier molecular flexibility index (Phi) is 2.86. The van der Waals surface area contributed by atoms with Crippen molar-refractivity contribution < 1.29 is 0 Å². The van der Waals surface area contributed by atoms with E-state index in [-0.39, 0.29) is 11.0 Å². The minimum Gasteiger partial charge on any atom is -0.309 e. The van der Waals surface area contributed by atoms with Gasteiger partial charge in [-0.1, -0.05) is 44.2 Å². The Bertz CT molecular complexity index is 676. The number of H-pyrrole nitrogens is 1. The van der Waals surface area contributed by atoms with E-state index in [1.165, 1.54) is 0 Å². The number of rotatable bonds is 2. The van der Waals surface area contributed by atoms with Crippen LogP contribution < -0.4 is 5.56 Å². The third kappa shape index (κ3) is 2.25. The number of aromatic nitrogens is 2. The fourth-order valence-electron chi connectivity index (χ4n) is 2.36. The van der Waals surface area contributed by atoms with E-state index in [2.05, 4.69) is 39.7 Å². The molecule has 1 aromatic carbocycles. The highest BCUT2D eigenvalue weighted by Crippen LogP contribution is 2.57. The highest BCUT2D eigenvalue weighted by atomic mass is 79.9. The molecule has 1 heterocycles. The molecular formula is C15H15BrN2O. The van der Waals surface area contributed by atoms with Crippen LogP contribution in [0.25, 0.3) is 11.3 Å². The Labute approximate surface area is 120 Å². The molecule has 0 radical (unpaired) electrons. The van der Waals surface area contributed by atoms with Gasteiger partial charge >= 0.3 is 0 Å². The molecule has 0 bridgehead atoms. The molecule has 1 aromatic heterocycles. The second-order valence-electron chi connectivity index (χ2n) is 5.73. The van der Waals surface area contributed by atoms with Crippen molar-refractivity contribution in [3.8, 4) is 11.3 Å². The van der Waals surface area contributed by atoms with Gasteiger partial charge in [0.05, 0.1) is 5.69 Å². The smallest absolute Gasteiger partial charge is 0.265 e. The molecule has 19 heavy (non-hydrogen) atoms. The molecule has 0 spiro atoms. The van der Waals surface area contributed by atoms with Gasteiger partial charge in [-0.3, -0.25) is 4.79 Å². The third-order valence-electron chi connectivity index (χ3n) is 3.77. The van der Waals surface area contributed by atoms with E-state index in [4.69, 9.17) is 0 Å². The van der Waals surface area contributed by atoms with Gasteiger partial charge in [-0.15, -0.1) is 0 Å². The van der Waals surface area contributed by atoms with Crippen LogP contribution in [0.15, 0.2) is 39.6 Å². The Morgan fingerprint density at radius 2 is 1.95 bits per heavy atom. The summed E-state index contributed by atoms with van der Waals surface area (Å²) in [7, 11) is 0. The number of hydrogen-bond acceptors (Lipinski definition) is 2. The normalized spacial score (nSPS) is 20.3. The molecule has 0 saturated heterocycles. The average molecular weight is 319 g/mol. The highest BCUT2D eigenvalue weighted by Gasteiger charge is 2.48. The molecule has 1 unspecified atom stereocenters. The molecule has 1 aliphatic rings. The van der Waals surface area contributed by atoms with Crippen LogP contribution in [0.1, 0.15) is 32.0 Å². The monoisotopic (exact) mass is 318 g/mol. The van der Waals surface area contributed by atoms with E-state index in [0.29, 0.717) is 10.4 Å². The van der Waals surface area contributed by atoms with Gasteiger partial charge in [0.15, 0.2) is 0 Å². The molecule has 1 fully saturated rings. The number of nitrogens with one attached hydrogen (secondary N) is 1. The van der Waals surface area contributed by atoms with Crippen molar-refractivity contribution in [1.29, 1.82) is 0 Å². The van der Waals surface area contributed by atoms with E-state index in [0.717, 1.165) is 23.5 Å². The second-order valence-corrected chi connectivity index (χ2v) is 6.52. The van der Waals surface area contributed by atoms with Crippen molar-refractivity contribution in [2.45, 2.75) is 26.2 Å². The lowest BCUT2D eigenvalue weighted by atomic mass is 10.1. The lowest BCUT2D eigenvalue weighted by Crippen LogP contribution is -2.14. The first-order valence-corrected chi connectivity index (χ1v) is 7.13. The number of benzene rings is 1. The maximum Gasteiger partial charge on any atom is 0.265 e. The van der Waals surface area contributed by atoms with Gasteiger partial charge < -0.3 is 4.98 Å². The fraction of sp³-hybridized carbons (Fsp3) is 0.333. The molecule has 0 aliphatic heterocycles. The summed E-state index contributed by atoms with van der Waals surface area (Å²) >= 11 is 3.34. The fourth-order valence-corrected chi connectivity index (χ4v) is 2.78. The SMILES string of the molecule is CC1(C)CC1c1nc(-c2ccccc2)c(Br)c(=O)[nH]1. The van der Waals surface area contributed by atoms with Crippen LogP contribution in [0.4, 0.5) is 0 Å². The Hall–Kier alpha value is -1.42. The van der Waals surface area contributed by atoms with Crippen LogP contribution in [0.3, 0.4) is 0 Å². The van der Waals surface area contributed by atoms with Crippen molar-refractivity contribution in [1.82, 2.24) is 9.97 Å². The summed E-state index contributed by atoms with van der Waals surface area (Å²) in [4.78, 5) is 19.6. The number of hydrogen-bond donors (Lipinski definition) is 1. The molecule has 1 saturated carbocycles. The van der Waals surface area contributed by atoms with Crippen LogP contribution in [-0.4, -0.2) is 9.97 Å². The lowest BCUT2D eigenvalue weighted by molar-refractivity contribution is 0.607. The molecule has 3 nitrogen and oxygen atoms in total. The van der Waals surface area contributed by atoms with Crippen molar-refractivity contribution in [2.24, 2.45) is 5.41 Å². The predicted molar refractivity (Wildman–Crippen MR) is 79.1 cm³/mol. The van der Waals surface area contributed by atoms with Gasteiger partial charge in [-0.25, -0.2) is 4.98 Å². The van der Waals surface area contributed by atoms with Gasteiger partial charge in [0, 0.05) is 11.5 Å². The molecule has 98 valence electrons. The highest BCUT2D eigenvalue weighted by molar-refractivity contribution is 9.10. The van der Waals surface area contributed by atoms with Gasteiger partial charge in [0.25, 0.3) is 5.56 Å². The van der Waals surface area contributed by atoms with Crippen molar-refractivity contribution in [3.05, 3.63) is 51.0 Å². The first-order valence-electron chi connectivity index (χ1n) is 6.34. The Morgan fingerprint density at radius 1 is 1.32 bits per heavy atom. The summed E-state index contributed by atoms with van der Waals surface area (Å²) in [6.07, 6.45) is 1.08. The molecule has 2 aromatic rings. The van der Waals surface area contributed by atoms with E-state index in [1.54, 1.807) is 0 Å². The predicted octanol–water partition coefficient (Wildman–Crippen LogP) is 3.71. The largest absolute Gasteiger partial charge is 0.309 e. The first-order chi connectivity index (χ1) is 8.99.